The standard InChI is InChI=1S/C24H30BrNO3Si/c1-4-30(5-2,6-3)29-17-21(25)19-12-14-22(24-20(19)13-15-23(27)26-24)28-16-18-10-8-7-9-11-18/h7-15,21H,4-6,16-17H2,1-3H3,(H,26,27)/t21-/m0/s1. The summed E-state index contributed by atoms with van der Waals surface area (Å²) in [6.07, 6.45) is 0. The molecule has 160 valence electrons. The molecule has 2 aromatic carbocycles. The third kappa shape index (κ3) is 5.23. The molecular weight excluding hydrogens is 458 g/mol. The molecule has 1 N–H and O–H groups in total. The second-order valence-electron chi connectivity index (χ2n) is 7.56. The first kappa shape index (κ1) is 22.8. The molecule has 30 heavy (non-hydrogen) atoms. The first-order chi connectivity index (χ1) is 14.5. The van der Waals surface area contributed by atoms with Gasteiger partial charge in [-0.05, 0) is 41.4 Å². The molecular formula is C24H30BrNO3Si. The highest BCUT2D eigenvalue weighted by Crippen LogP contribution is 2.35. The van der Waals surface area contributed by atoms with Crippen molar-refractivity contribution in [3.05, 3.63) is 76.1 Å². The molecule has 0 aliphatic heterocycles. The van der Waals surface area contributed by atoms with Gasteiger partial charge in [0.2, 0.25) is 5.56 Å². The van der Waals surface area contributed by atoms with Crippen molar-refractivity contribution in [3.8, 4) is 5.75 Å². The van der Waals surface area contributed by atoms with Gasteiger partial charge in [0.25, 0.3) is 0 Å². The molecule has 0 unspecified atom stereocenters. The van der Waals surface area contributed by atoms with Crippen LogP contribution in [0.3, 0.4) is 0 Å². The van der Waals surface area contributed by atoms with E-state index >= 15 is 0 Å². The topological polar surface area (TPSA) is 51.3 Å². The van der Waals surface area contributed by atoms with Crippen LogP contribution in [0.2, 0.25) is 18.1 Å². The van der Waals surface area contributed by atoms with E-state index in [9.17, 15) is 4.79 Å². The third-order valence-corrected chi connectivity index (χ3v) is 11.3. The lowest BCUT2D eigenvalue weighted by molar-refractivity contribution is 0.302. The number of pyridine rings is 1. The Bertz CT molecular complexity index is 1010. The summed E-state index contributed by atoms with van der Waals surface area (Å²) < 4.78 is 12.5. The summed E-state index contributed by atoms with van der Waals surface area (Å²) >= 11 is 3.83. The zero-order valence-corrected chi connectivity index (χ0v) is 20.5. The largest absolute Gasteiger partial charge is 0.487 e. The van der Waals surface area contributed by atoms with E-state index in [2.05, 4.69) is 47.8 Å². The van der Waals surface area contributed by atoms with E-state index in [0.717, 1.165) is 40.2 Å². The van der Waals surface area contributed by atoms with Crippen LogP contribution >= 0.6 is 15.9 Å². The monoisotopic (exact) mass is 487 g/mol. The molecule has 3 aromatic rings. The van der Waals surface area contributed by atoms with E-state index < -0.39 is 8.32 Å². The molecule has 3 rings (SSSR count). The second kappa shape index (κ2) is 10.4. The van der Waals surface area contributed by atoms with Crippen LogP contribution in [0.15, 0.2) is 59.4 Å². The van der Waals surface area contributed by atoms with Gasteiger partial charge in [-0.3, -0.25) is 4.79 Å². The molecule has 0 saturated carbocycles. The van der Waals surface area contributed by atoms with Gasteiger partial charge in [-0.1, -0.05) is 73.1 Å². The lowest BCUT2D eigenvalue weighted by Crippen LogP contribution is -2.36. The maximum absolute atomic E-state index is 12.0. The predicted molar refractivity (Wildman–Crippen MR) is 130 cm³/mol. The number of fused-ring (bicyclic) bond motifs is 1. The van der Waals surface area contributed by atoms with Gasteiger partial charge >= 0.3 is 0 Å². The predicted octanol–water partition coefficient (Wildman–Crippen LogP) is 6.56. The fourth-order valence-corrected chi connectivity index (χ4v) is 7.18. The molecule has 0 radical (unpaired) electrons. The number of aromatic amines is 1. The van der Waals surface area contributed by atoms with Crippen molar-refractivity contribution in [1.82, 2.24) is 4.98 Å². The normalized spacial score (nSPS) is 12.8. The van der Waals surface area contributed by atoms with E-state index in [4.69, 9.17) is 9.16 Å². The Morgan fingerprint density at radius 3 is 2.33 bits per heavy atom. The highest BCUT2D eigenvalue weighted by atomic mass is 79.9. The molecule has 0 aliphatic carbocycles. The summed E-state index contributed by atoms with van der Waals surface area (Å²) in [6, 6.07) is 20.8. The Balaban J connectivity index is 1.86. The minimum absolute atomic E-state index is 0.0469. The Kier molecular flexibility index (Phi) is 7.91. The number of aromatic nitrogens is 1. The molecule has 4 nitrogen and oxygen atoms in total. The molecule has 0 bridgehead atoms. The number of hydrogen-bond acceptors (Lipinski definition) is 3. The summed E-state index contributed by atoms with van der Waals surface area (Å²) in [5.74, 6) is 0.676. The van der Waals surface area contributed by atoms with Gasteiger partial charge in [-0.25, -0.2) is 0 Å². The minimum atomic E-state index is -1.66. The van der Waals surface area contributed by atoms with E-state index in [1.165, 1.54) is 0 Å². The van der Waals surface area contributed by atoms with Crippen molar-refractivity contribution < 1.29 is 9.16 Å². The van der Waals surface area contributed by atoms with E-state index in [-0.39, 0.29) is 10.4 Å². The number of H-pyrrole nitrogens is 1. The van der Waals surface area contributed by atoms with Crippen LogP contribution in [0, 0.1) is 0 Å². The highest BCUT2D eigenvalue weighted by molar-refractivity contribution is 9.09. The molecule has 0 amide bonds. The van der Waals surface area contributed by atoms with Crippen molar-refractivity contribution in [2.45, 2.75) is 50.3 Å². The number of hydrogen-bond donors (Lipinski definition) is 1. The van der Waals surface area contributed by atoms with Crippen LogP contribution in [0.25, 0.3) is 10.9 Å². The van der Waals surface area contributed by atoms with Gasteiger partial charge in [0.1, 0.15) is 12.4 Å². The average molecular weight is 488 g/mol. The molecule has 1 atom stereocenters. The molecule has 0 aliphatic rings. The van der Waals surface area contributed by atoms with E-state index in [1.807, 2.05) is 42.5 Å². The maximum atomic E-state index is 12.0. The molecule has 1 heterocycles. The summed E-state index contributed by atoms with van der Waals surface area (Å²) in [5, 5.41) is 0.974. The quantitative estimate of drug-likeness (QED) is 0.260. The SMILES string of the molecule is CC[Si](CC)(CC)OC[C@H](Br)c1ccc(OCc2ccccc2)c2[nH]c(=O)ccc12. The number of benzene rings is 2. The number of ether oxygens (including phenoxy) is 1. The molecule has 6 heteroatoms. The highest BCUT2D eigenvalue weighted by Gasteiger charge is 2.29. The Morgan fingerprint density at radius 2 is 1.67 bits per heavy atom. The lowest BCUT2D eigenvalue weighted by atomic mass is 10.1. The van der Waals surface area contributed by atoms with Gasteiger partial charge < -0.3 is 14.1 Å². The van der Waals surface area contributed by atoms with Crippen LogP contribution < -0.4 is 10.3 Å². The fraction of sp³-hybridized carbons (Fsp3) is 0.375. The van der Waals surface area contributed by atoms with Gasteiger partial charge in [0.05, 0.1) is 17.0 Å². The fourth-order valence-electron chi connectivity index (χ4n) is 3.77. The Labute approximate surface area is 187 Å². The first-order valence-corrected chi connectivity index (χ1v) is 14.1. The van der Waals surface area contributed by atoms with Crippen molar-refractivity contribution in [2.75, 3.05) is 6.61 Å². The first-order valence-electron chi connectivity index (χ1n) is 10.6. The van der Waals surface area contributed by atoms with Crippen LogP contribution in [0.4, 0.5) is 0 Å². The molecule has 0 saturated heterocycles. The van der Waals surface area contributed by atoms with E-state index in [1.54, 1.807) is 6.07 Å². The molecule has 1 aromatic heterocycles. The van der Waals surface area contributed by atoms with Crippen LogP contribution in [0.1, 0.15) is 36.7 Å². The Morgan fingerprint density at radius 1 is 0.967 bits per heavy atom. The number of rotatable bonds is 10. The number of alkyl halides is 1. The van der Waals surface area contributed by atoms with Crippen molar-refractivity contribution >= 4 is 35.2 Å². The third-order valence-electron chi connectivity index (χ3n) is 5.93. The maximum Gasteiger partial charge on any atom is 0.248 e. The summed E-state index contributed by atoms with van der Waals surface area (Å²) in [7, 11) is -1.66. The minimum Gasteiger partial charge on any atom is -0.487 e. The zero-order chi connectivity index (χ0) is 21.6. The smallest absolute Gasteiger partial charge is 0.248 e. The van der Waals surface area contributed by atoms with E-state index in [0.29, 0.717) is 19.0 Å². The zero-order valence-electron chi connectivity index (χ0n) is 17.9. The van der Waals surface area contributed by atoms with Crippen LogP contribution in [-0.2, 0) is 11.0 Å². The van der Waals surface area contributed by atoms with Crippen molar-refractivity contribution in [2.24, 2.45) is 0 Å². The lowest BCUT2D eigenvalue weighted by Gasteiger charge is -2.29. The summed E-state index contributed by atoms with van der Waals surface area (Å²) in [4.78, 5) is 15.0. The van der Waals surface area contributed by atoms with Crippen molar-refractivity contribution in [1.29, 1.82) is 0 Å². The van der Waals surface area contributed by atoms with Gasteiger partial charge in [0.15, 0.2) is 8.32 Å². The van der Waals surface area contributed by atoms with Crippen LogP contribution in [-0.4, -0.2) is 19.9 Å². The van der Waals surface area contributed by atoms with Crippen LogP contribution in [0.5, 0.6) is 5.75 Å². The summed E-state index contributed by atoms with van der Waals surface area (Å²) in [5.41, 5.74) is 2.77. The number of nitrogens with one attached hydrogen (secondary N) is 1. The van der Waals surface area contributed by atoms with Gasteiger partial charge in [-0.2, -0.15) is 0 Å². The average Bonchev–Trinajstić information content (AvgIpc) is 2.79. The summed E-state index contributed by atoms with van der Waals surface area (Å²) in [6.45, 7) is 7.79. The second-order valence-corrected chi connectivity index (χ2v) is 13.4. The Hall–Kier alpha value is -1.89. The molecule has 0 spiro atoms. The van der Waals surface area contributed by atoms with Gasteiger partial charge in [-0.15, -0.1) is 0 Å². The van der Waals surface area contributed by atoms with Crippen molar-refractivity contribution in [3.63, 3.8) is 0 Å². The van der Waals surface area contributed by atoms with Gasteiger partial charge in [0, 0.05) is 11.5 Å². The number of halogens is 1. The molecule has 0 fully saturated rings.